The summed E-state index contributed by atoms with van der Waals surface area (Å²) in [7, 11) is 0. The maximum Gasteiger partial charge on any atom is 0.136 e. The van der Waals surface area contributed by atoms with E-state index in [1.807, 2.05) is 12.1 Å². The molecule has 2 nitrogen and oxygen atoms in total. The summed E-state index contributed by atoms with van der Waals surface area (Å²) in [5, 5.41) is 2.26. The van der Waals surface area contributed by atoms with Gasteiger partial charge in [-0.05, 0) is 132 Å². The molecule has 13 rings (SSSR count). The summed E-state index contributed by atoms with van der Waals surface area (Å²) in [6.07, 6.45) is 0. The molecule has 1 heterocycles. The lowest BCUT2D eigenvalue weighted by molar-refractivity contribution is 0.669. The number of rotatable bonds is 9. The number of hydrogen-bond acceptors (Lipinski definition) is 2. The Labute approximate surface area is 402 Å². The minimum Gasteiger partial charge on any atom is -0.456 e. The molecule has 0 spiro atoms. The molecule has 1 aliphatic rings. The van der Waals surface area contributed by atoms with Crippen molar-refractivity contribution in [1.82, 2.24) is 0 Å². The van der Waals surface area contributed by atoms with Crippen molar-refractivity contribution < 1.29 is 4.42 Å². The van der Waals surface area contributed by atoms with Crippen LogP contribution >= 0.6 is 0 Å². The number of fused-ring (bicyclic) bond motifs is 6. The first-order chi connectivity index (χ1) is 34.2. The number of hydrogen-bond donors (Lipinski definition) is 0. The van der Waals surface area contributed by atoms with E-state index in [1.54, 1.807) is 0 Å². The van der Waals surface area contributed by atoms with Gasteiger partial charge in [-0.3, -0.25) is 0 Å². The van der Waals surface area contributed by atoms with Gasteiger partial charge in [0.15, 0.2) is 0 Å². The van der Waals surface area contributed by atoms with Crippen LogP contribution in [-0.2, 0) is 5.41 Å². The van der Waals surface area contributed by atoms with E-state index in [4.69, 9.17) is 4.42 Å². The molecule has 0 radical (unpaired) electrons. The molecule has 11 aromatic carbocycles. The molecule has 0 saturated carbocycles. The summed E-state index contributed by atoms with van der Waals surface area (Å²) < 4.78 is 6.35. The van der Waals surface area contributed by atoms with Crippen LogP contribution in [0.1, 0.15) is 22.3 Å². The van der Waals surface area contributed by atoms with Crippen LogP contribution in [0.2, 0.25) is 0 Å². The predicted octanol–water partition coefficient (Wildman–Crippen LogP) is 18.1. The number of nitrogens with zero attached hydrogens (tertiary/aromatic N) is 1. The van der Waals surface area contributed by atoms with Crippen LogP contribution in [0.15, 0.2) is 277 Å². The third-order valence-corrected chi connectivity index (χ3v) is 14.2. The smallest absolute Gasteiger partial charge is 0.136 e. The molecule has 0 unspecified atom stereocenters. The fourth-order valence-corrected chi connectivity index (χ4v) is 11.0. The van der Waals surface area contributed by atoms with E-state index in [0.29, 0.717) is 0 Å². The molecular formula is C67H45NO. The summed E-state index contributed by atoms with van der Waals surface area (Å²) >= 11 is 0. The molecule has 0 amide bonds. The standard InChI is InChI=1S/C67H45NO/c1-4-16-46(17-5-1)47-30-32-48(33-31-47)49-34-39-55(40-35-49)68(57-23-14-18-51(44-57)52-38-43-60-59-24-11-13-29-64(59)69-65(60)45-52)56-41-36-50(37-42-56)58-26-15-28-63-66(58)61-25-10-12-27-62(61)67(63,53-19-6-2-7-20-53)54-21-8-3-9-22-54/h1-45H. The molecule has 0 N–H and O–H groups in total. The molecule has 2 heteroatoms. The summed E-state index contributed by atoms with van der Waals surface area (Å²) in [4.78, 5) is 2.37. The zero-order chi connectivity index (χ0) is 45.7. The molecule has 1 aromatic heterocycles. The Morgan fingerprint density at radius 3 is 1.42 bits per heavy atom. The van der Waals surface area contributed by atoms with Gasteiger partial charge in [0.1, 0.15) is 11.2 Å². The summed E-state index contributed by atoms with van der Waals surface area (Å²) in [6.45, 7) is 0. The van der Waals surface area contributed by atoms with Crippen LogP contribution in [0.4, 0.5) is 17.1 Å². The van der Waals surface area contributed by atoms with E-state index in [2.05, 4.69) is 266 Å². The molecule has 12 aromatic rings. The lowest BCUT2D eigenvalue weighted by atomic mass is 9.67. The van der Waals surface area contributed by atoms with E-state index in [1.165, 1.54) is 66.8 Å². The molecule has 0 aliphatic heterocycles. The van der Waals surface area contributed by atoms with E-state index in [0.717, 1.165) is 50.1 Å². The van der Waals surface area contributed by atoms with Gasteiger partial charge in [-0.25, -0.2) is 0 Å². The maximum absolute atomic E-state index is 6.35. The molecule has 0 atom stereocenters. The van der Waals surface area contributed by atoms with Gasteiger partial charge < -0.3 is 9.32 Å². The highest BCUT2D eigenvalue weighted by Crippen LogP contribution is 2.58. The van der Waals surface area contributed by atoms with Crippen LogP contribution < -0.4 is 4.90 Å². The van der Waals surface area contributed by atoms with Gasteiger partial charge in [0.25, 0.3) is 0 Å². The number of benzene rings is 11. The zero-order valence-electron chi connectivity index (χ0n) is 37.8. The van der Waals surface area contributed by atoms with Crippen molar-refractivity contribution in [3.8, 4) is 55.6 Å². The second-order valence-electron chi connectivity index (χ2n) is 18.0. The van der Waals surface area contributed by atoms with Gasteiger partial charge in [0.05, 0.1) is 5.41 Å². The Morgan fingerprint density at radius 1 is 0.275 bits per heavy atom. The molecule has 1 aliphatic carbocycles. The van der Waals surface area contributed by atoms with Gasteiger partial charge >= 0.3 is 0 Å². The lowest BCUT2D eigenvalue weighted by Crippen LogP contribution is -2.28. The quantitative estimate of drug-likeness (QED) is 0.144. The molecular weight excluding hydrogens is 835 g/mol. The van der Waals surface area contributed by atoms with Gasteiger partial charge in [0, 0.05) is 27.8 Å². The molecule has 69 heavy (non-hydrogen) atoms. The molecule has 0 bridgehead atoms. The third kappa shape index (κ3) is 6.80. The first kappa shape index (κ1) is 40.3. The van der Waals surface area contributed by atoms with Gasteiger partial charge in [-0.15, -0.1) is 0 Å². The minimum absolute atomic E-state index is 0.461. The topological polar surface area (TPSA) is 16.4 Å². The van der Waals surface area contributed by atoms with Crippen molar-refractivity contribution in [3.05, 3.63) is 295 Å². The van der Waals surface area contributed by atoms with Crippen LogP contribution in [0, 0.1) is 0 Å². The van der Waals surface area contributed by atoms with Crippen LogP contribution in [0.3, 0.4) is 0 Å². The Bertz CT molecular complexity index is 3760. The van der Waals surface area contributed by atoms with Gasteiger partial charge in [-0.1, -0.05) is 218 Å². The Morgan fingerprint density at radius 2 is 0.739 bits per heavy atom. The van der Waals surface area contributed by atoms with Crippen molar-refractivity contribution in [2.75, 3.05) is 4.90 Å². The maximum atomic E-state index is 6.35. The second kappa shape index (κ2) is 16.7. The zero-order valence-corrected chi connectivity index (χ0v) is 37.8. The average Bonchev–Trinajstić information content (AvgIpc) is 3.96. The molecule has 0 saturated heterocycles. The lowest BCUT2D eigenvalue weighted by Gasteiger charge is -2.34. The fraction of sp³-hybridized carbons (Fsp3) is 0.0149. The highest BCUT2D eigenvalue weighted by Gasteiger charge is 2.46. The van der Waals surface area contributed by atoms with Crippen LogP contribution in [0.25, 0.3) is 77.6 Å². The summed E-state index contributed by atoms with van der Waals surface area (Å²) in [5.74, 6) is 0. The predicted molar refractivity (Wildman–Crippen MR) is 287 cm³/mol. The SMILES string of the molecule is c1ccc(-c2ccc(-c3ccc(N(c4ccc(-c5cccc6c5-c5ccccc5C6(c5ccccc5)c5ccccc5)cc4)c4cccc(-c5ccc6c(c5)oc5ccccc56)c4)cc3)cc2)cc1. The van der Waals surface area contributed by atoms with Crippen LogP contribution in [0.5, 0.6) is 0 Å². The van der Waals surface area contributed by atoms with E-state index >= 15 is 0 Å². The fourth-order valence-electron chi connectivity index (χ4n) is 11.0. The first-order valence-corrected chi connectivity index (χ1v) is 23.7. The Balaban J connectivity index is 0.916. The molecule has 324 valence electrons. The van der Waals surface area contributed by atoms with Crippen molar-refractivity contribution in [2.24, 2.45) is 0 Å². The van der Waals surface area contributed by atoms with Crippen molar-refractivity contribution in [1.29, 1.82) is 0 Å². The second-order valence-corrected chi connectivity index (χ2v) is 18.0. The number of furan rings is 1. The average molecular weight is 880 g/mol. The highest BCUT2D eigenvalue weighted by molar-refractivity contribution is 6.06. The Kier molecular flexibility index (Phi) is 9.77. The van der Waals surface area contributed by atoms with Gasteiger partial charge in [-0.2, -0.15) is 0 Å². The van der Waals surface area contributed by atoms with Crippen molar-refractivity contribution >= 4 is 39.0 Å². The van der Waals surface area contributed by atoms with Crippen LogP contribution in [-0.4, -0.2) is 0 Å². The number of para-hydroxylation sites is 1. The molecule has 0 fully saturated rings. The highest BCUT2D eigenvalue weighted by atomic mass is 16.3. The number of anilines is 3. The summed E-state index contributed by atoms with van der Waals surface area (Å²) in [6, 6.07) is 99.2. The van der Waals surface area contributed by atoms with E-state index in [9.17, 15) is 0 Å². The minimum atomic E-state index is -0.461. The van der Waals surface area contributed by atoms with Gasteiger partial charge in [0.2, 0.25) is 0 Å². The largest absolute Gasteiger partial charge is 0.456 e. The Hall–Kier alpha value is -8.98. The third-order valence-electron chi connectivity index (χ3n) is 14.2. The van der Waals surface area contributed by atoms with E-state index < -0.39 is 5.41 Å². The van der Waals surface area contributed by atoms with Crippen molar-refractivity contribution in [2.45, 2.75) is 5.41 Å². The van der Waals surface area contributed by atoms with Crippen molar-refractivity contribution in [3.63, 3.8) is 0 Å². The normalized spacial score (nSPS) is 12.5. The first-order valence-electron chi connectivity index (χ1n) is 23.7. The summed E-state index contributed by atoms with van der Waals surface area (Å²) in [5.41, 5.74) is 21.6. The van der Waals surface area contributed by atoms with E-state index in [-0.39, 0.29) is 0 Å². The monoisotopic (exact) mass is 879 g/mol.